The Morgan fingerprint density at radius 3 is 3.00 bits per heavy atom. The summed E-state index contributed by atoms with van der Waals surface area (Å²) in [6, 6.07) is 0.457. The predicted molar refractivity (Wildman–Crippen MR) is 56.8 cm³/mol. The maximum atomic E-state index is 5.46. The quantitative estimate of drug-likeness (QED) is 0.781. The van der Waals surface area contributed by atoms with Crippen molar-refractivity contribution in [3.63, 3.8) is 0 Å². The van der Waals surface area contributed by atoms with Crippen LogP contribution in [0.2, 0.25) is 0 Å². The lowest BCUT2D eigenvalue weighted by Gasteiger charge is -2.22. The van der Waals surface area contributed by atoms with Crippen molar-refractivity contribution >= 4 is 11.3 Å². The van der Waals surface area contributed by atoms with Crippen molar-refractivity contribution in [2.75, 3.05) is 20.1 Å². The van der Waals surface area contributed by atoms with E-state index >= 15 is 0 Å². The van der Waals surface area contributed by atoms with Gasteiger partial charge >= 0.3 is 0 Å². The Kier molecular flexibility index (Phi) is 4.35. The Hall–Kier alpha value is -0.450. The lowest BCUT2D eigenvalue weighted by Crippen LogP contribution is -2.24. The van der Waals surface area contributed by atoms with E-state index in [2.05, 4.69) is 23.9 Å². The molecule has 3 nitrogen and oxygen atoms in total. The molecule has 0 aromatic carbocycles. The summed E-state index contributed by atoms with van der Waals surface area (Å²) in [6.45, 7) is 4.01. The van der Waals surface area contributed by atoms with E-state index in [1.165, 1.54) is 4.88 Å². The lowest BCUT2D eigenvalue weighted by molar-refractivity contribution is 0.263. The number of thiazole rings is 1. The fourth-order valence-electron chi connectivity index (χ4n) is 1.18. The molecule has 1 heterocycles. The molecule has 4 heteroatoms. The molecule has 0 aliphatic rings. The molecule has 1 rings (SSSR count). The molecule has 1 aromatic heterocycles. The minimum absolute atomic E-state index is 0.457. The standard InChI is InChI=1S/C9H17N3S/c1-8(9-6-11-7-13-9)12(2)5-3-4-10/h6-8H,3-5,10H2,1-2H3. The number of hydrogen-bond donors (Lipinski definition) is 1. The summed E-state index contributed by atoms with van der Waals surface area (Å²) in [5.74, 6) is 0. The smallest absolute Gasteiger partial charge is 0.0794 e. The highest BCUT2D eigenvalue weighted by atomic mass is 32.1. The minimum atomic E-state index is 0.457. The van der Waals surface area contributed by atoms with E-state index in [0.717, 1.165) is 19.5 Å². The van der Waals surface area contributed by atoms with Crippen LogP contribution in [0.4, 0.5) is 0 Å². The van der Waals surface area contributed by atoms with E-state index in [4.69, 9.17) is 5.73 Å². The third-order valence-electron chi connectivity index (χ3n) is 2.24. The molecule has 1 atom stereocenters. The Morgan fingerprint density at radius 1 is 1.69 bits per heavy atom. The first kappa shape index (κ1) is 10.6. The second-order valence-electron chi connectivity index (χ2n) is 3.20. The van der Waals surface area contributed by atoms with Crippen LogP contribution in [0, 0.1) is 0 Å². The fourth-order valence-corrected chi connectivity index (χ4v) is 1.93. The second kappa shape index (κ2) is 5.32. The third-order valence-corrected chi connectivity index (χ3v) is 3.19. The van der Waals surface area contributed by atoms with E-state index in [0.29, 0.717) is 6.04 Å². The van der Waals surface area contributed by atoms with Crippen LogP contribution in [-0.4, -0.2) is 30.0 Å². The number of rotatable bonds is 5. The van der Waals surface area contributed by atoms with Gasteiger partial charge in [-0.15, -0.1) is 11.3 Å². The summed E-state index contributed by atoms with van der Waals surface area (Å²) in [5.41, 5.74) is 7.34. The zero-order valence-corrected chi connectivity index (χ0v) is 9.05. The summed E-state index contributed by atoms with van der Waals surface area (Å²) in [5, 5.41) is 0. The molecule has 1 aromatic rings. The van der Waals surface area contributed by atoms with Crippen molar-refractivity contribution in [1.82, 2.24) is 9.88 Å². The van der Waals surface area contributed by atoms with Gasteiger partial charge in [-0.3, -0.25) is 9.88 Å². The molecular weight excluding hydrogens is 182 g/mol. The molecule has 0 aliphatic heterocycles. The maximum absolute atomic E-state index is 5.46. The molecule has 2 N–H and O–H groups in total. The minimum Gasteiger partial charge on any atom is -0.330 e. The fraction of sp³-hybridized carbons (Fsp3) is 0.667. The van der Waals surface area contributed by atoms with Crippen molar-refractivity contribution in [1.29, 1.82) is 0 Å². The van der Waals surface area contributed by atoms with Crippen LogP contribution in [0.15, 0.2) is 11.7 Å². The Balaban J connectivity index is 2.43. The average Bonchev–Trinajstić information content (AvgIpc) is 2.65. The zero-order chi connectivity index (χ0) is 9.68. The predicted octanol–water partition coefficient (Wildman–Crippen LogP) is 1.48. The van der Waals surface area contributed by atoms with Crippen LogP contribution in [0.5, 0.6) is 0 Å². The zero-order valence-electron chi connectivity index (χ0n) is 8.23. The van der Waals surface area contributed by atoms with Gasteiger partial charge in [-0.2, -0.15) is 0 Å². The monoisotopic (exact) mass is 199 g/mol. The van der Waals surface area contributed by atoms with E-state index in [1.54, 1.807) is 11.3 Å². The van der Waals surface area contributed by atoms with Crippen LogP contribution < -0.4 is 5.73 Å². The molecular formula is C9H17N3S. The maximum Gasteiger partial charge on any atom is 0.0794 e. The van der Waals surface area contributed by atoms with Gasteiger partial charge in [0.2, 0.25) is 0 Å². The number of nitrogens with zero attached hydrogens (tertiary/aromatic N) is 2. The molecule has 0 radical (unpaired) electrons. The number of nitrogens with two attached hydrogens (primary N) is 1. The Morgan fingerprint density at radius 2 is 2.46 bits per heavy atom. The summed E-state index contributed by atoms with van der Waals surface area (Å²) in [7, 11) is 2.13. The van der Waals surface area contributed by atoms with Gasteiger partial charge in [0.25, 0.3) is 0 Å². The van der Waals surface area contributed by atoms with Gasteiger partial charge in [0.05, 0.1) is 5.51 Å². The molecule has 0 spiro atoms. The highest BCUT2D eigenvalue weighted by molar-refractivity contribution is 7.09. The van der Waals surface area contributed by atoms with Crippen LogP contribution >= 0.6 is 11.3 Å². The molecule has 0 saturated heterocycles. The van der Waals surface area contributed by atoms with E-state index < -0.39 is 0 Å². The highest BCUT2D eigenvalue weighted by Gasteiger charge is 2.11. The highest BCUT2D eigenvalue weighted by Crippen LogP contribution is 2.21. The van der Waals surface area contributed by atoms with E-state index in [1.807, 2.05) is 11.7 Å². The SMILES string of the molecule is CC(c1cncs1)N(C)CCCN. The first-order valence-electron chi connectivity index (χ1n) is 4.54. The van der Waals surface area contributed by atoms with Crippen LogP contribution in [0.25, 0.3) is 0 Å². The van der Waals surface area contributed by atoms with Gasteiger partial charge < -0.3 is 5.73 Å². The van der Waals surface area contributed by atoms with E-state index in [-0.39, 0.29) is 0 Å². The van der Waals surface area contributed by atoms with Gasteiger partial charge in [0.15, 0.2) is 0 Å². The molecule has 0 bridgehead atoms. The molecule has 1 unspecified atom stereocenters. The number of aromatic nitrogens is 1. The molecule has 74 valence electrons. The second-order valence-corrected chi connectivity index (χ2v) is 4.12. The number of hydrogen-bond acceptors (Lipinski definition) is 4. The Labute approximate surface area is 83.6 Å². The van der Waals surface area contributed by atoms with Gasteiger partial charge in [-0.1, -0.05) is 0 Å². The van der Waals surface area contributed by atoms with Gasteiger partial charge in [0.1, 0.15) is 0 Å². The normalized spacial score (nSPS) is 13.5. The van der Waals surface area contributed by atoms with Crippen molar-refractivity contribution in [2.45, 2.75) is 19.4 Å². The summed E-state index contributed by atoms with van der Waals surface area (Å²) in [6.07, 6.45) is 2.99. The van der Waals surface area contributed by atoms with Crippen LogP contribution in [0.3, 0.4) is 0 Å². The molecule has 0 fully saturated rings. The first-order chi connectivity index (χ1) is 6.25. The van der Waals surface area contributed by atoms with Crippen molar-refractivity contribution in [3.8, 4) is 0 Å². The van der Waals surface area contributed by atoms with Crippen molar-refractivity contribution < 1.29 is 0 Å². The third kappa shape index (κ3) is 3.06. The largest absolute Gasteiger partial charge is 0.330 e. The van der Waals surface area contributed by atoms with Gasteiger partial charge in [0, 0.05) is 17.1 Å². The lowest BCUT2D eigenvalue weighted by atomic mass is 10.2. The first-order valence-corrected chi connectivity index (χ1v) is 5.42. The van der Waals surface area contributed by atoms with Gasteiger partial charge in [-0.05, 0) is 33.5 Å². The molecule has 0 saturated carbocycles. The van der Waals surface area contributed by atoms with Crippen molar-refractivity contribution in [3.05, 3.63) is 16.6 Å². The molecule has 13 heavy (non-hydrogen) atoms. The van der Waals surface area contributed by atoms with Crippen LogP contribution in [0.1, 0.15) is 24.3 Å². The molecule has 0 amide bonds. The van der Waals surface area contributed by atoms with Crippen LogP contribution in [-0.2, 0) is 0 Å². The Bertz CT molecular complexity index is 223. The van der Waals surface area contributed by atoms with E-state index in [9.17, 15) is 0 Å². The summed E-state index contributed by atoms with van der Waals surface area (Å²) >= 11 is 1.71. The van der Waals surface area contributed by atoms with Crippen molar-refractivity contribution in [2.24, 2.45) is 5.73 Å². The average molecular weight is 199 g/mol. The van der Waals surface area contributed by atoms with Gasteiger partial charge in [-0.25, -0.2) is 0 Å². The molecule has 0 aliphatic carbocycles. The summed E-state index contributed by atoms with van der Waals surface area (Å²) in [4.78, 5) is 7.70. The summed E-state index contributed by atoms with van der Waals surface area (Å²) < 4.78 is 0. The topological polar surface area (TPSA) is 42.2 Å².